The first-order valence-corrected chi connectivity index (χ1v) is 4.52. The van der Waals surface area contributed by atoms with Crippen molar-refractivity contribution < 1.29 is 4.74 Å². The van der Waals surface area contributed by atoms with E-state index in [-0.39, 0.29) is 0 Å². The average molecular weight is 178 g/mol. The number of nitrogens with two attached hydrogens (primary N) is 1. The van der Waals surface area contributed by atoms with Crippen molar-refractivity contribution in [3.63, 3.8) is 0 Å². The van der Waals surface area contributed by atoms with Gasteiger partial charge in [-0.05, 0) is 13.0 Å². The van der Waals surface area contributed by atoms with Crippen LogP contribution in [0.25, 0.3) is 0 Å². The summed E-state index contributed by atoms with van der Waals surface area (Å²) >= 11 is 0. The number of hydrogen-bond donors (Lipinski definition) is 2. The summed E-state index contributed by atoms with van der Waals surface area (Å²) in [6.45, 7) is 3.33. The van der Waals surface area contributed by atoms with Crippen molar-refractivity contribution in [2.45, 2.75) is 19.5 Å². The molecule has 0 radical (unpaired) electrons. The van der Waals surface area contributed by atoms with E-state index in [1.54, 1.807) is 0 Å². The molecule has 0 aliphatic carbocycles. The van der Waals surface area contributed by atoms with Gasteiger partial charge in [0.2, 0.25) is 0 Å². The summed E-state index contributed by atoms with van der Waals surface area (Å²) in [5, 5.41) is 3.35. The first-order chi connectivity index (χ1) is 6.31. The minimum absolute atomic E-state index is 0.375. The smallest absolute Gasteiger partial charge is 0.146 e. The normalized spacial score (nSPS) is 20.0. The van der Waals surface area contributed by atoms with Crippen molar-refractivity contribution in [3.8, 4) is 5.75 Å². The van der Waals surface area contributed by atoms with E-state index >= 15 is 0 Å². The molecule has 3 N–H and O–H groups in total. The molecule has 1 aliphatic rings. The zero-order valence-corrected chi connectivity index (χ0v) is 7.71. The van der Waals surface area contributed by atoms with Gasteiger partial charge in [-0.3, -0.25) is 0 Å². The van der Waals surface area contributed by atoms with Crippen LogP contribution in [-0.4, -0.2) is 12.6 Å². The monoisotopic (exact) mass is 178 g/mol. The standard InChI is InChI=1S/C10H14N2O/c1-7-6-13-10-8(5-11)3-2-4-9(10)12-7/h2-4,7,12H,5-6,11H2,1H3. The largest absolute Gasteiger partial charge is 0.489 e. The minimum Gasteiger partial charge on any atom is -0.489 e. The fraction of sp³-hybridized carbons (Fsp3) is 0.400. The third kappa shape index (κ3) is 1.47. The molecule has 1 heterocycles. The molecule has 3 nitrogen and oxygen atoms in total. The van der Waals surface area contributed by atoms with Gasteiger partial charge in [0.15, 0.2) is 0 Å². The molecule has 1 aliphatic heterocycles. The Morgan fingerprint density at radius 1 is 1.62 bits per heavy atom. The van der Waals surface area contributed by atoms with E-state index < -0.39 is 0 Å². The van der Waals surface area contributed by atoms with E-state index in [0.29, 0.717) is 19.2 Å². The van der Waals surface area contributed by atoms with Gasteiger partial charge in [0.1, 0.15) is 12.4 Å². The summed E-state index contributed by atoms with van der Waals surface area (Å²) in [7, 11) is 0. The molecule has 1 aromatic rings. The molecule has 0 spiro atoms. The Labute approximate surface area is 77.9 Å². The second-order valence-corrected chi connectivity index (χ2v) is 3.35. The number of para-hydroxylation sites is 1. The molecule has 0 amide bonds. The van der Waals surface area contributed by atoms with E-state index in [1.165, 1.54) is 0 Å². The maximum Gasteiger partial charge on any atom is 0.146 e. The lowest BCUT2D eigenvalue weighted by molar-refractivity contribution is 0.289. The second kappa shape index (κ2) is 3.26. The van der Waals surface area contributed by atoms with Crippen molar-refractivity contribution in [1.82, 2.24) is 0 Å². The first-order valence-electron chi connectivity index (χ1n) is 4.52. The van der Waals surface area contributed by atoms with Crippen molar-refractivity contribution in [3.05, 3.63) is 23.8 Å². The summed E-state index contributed by atoms with van der Waals surface area (Å²) in [6, 6.07) is 6.39. The fourth-order valence-electron chi connectivity index (χ4n) is 1.55. The van der Waals surface area contributed by atoms with Crippen LogP contribution < -0.4 is 15.8 Å². The molecular weight excluding hydrogens is 164 g/mol. The average Bonchev–Trinajstić information content (AvgIpc) is 2.16. The van der Waals surface area contributed by atoms with Crippen molar-refractivity contribution >= 4 is 5.69 Å². The summed E-state index contributed by atoms with van der Waals surface area (Å²) < 4.78 is 5.62. The Morgan fingerprint density at radius 2 is 2.46 bits per heavy atom. The number of fused-ring (bicyclic) bond motifs is 1. The van der Waals surface area contributed by atoms with Crippen LogP contribution in [-0.2, 0) is 6.54 Å². The van der Waals surface area contributed by atoms with Crippen molar-refractivity contribution in [2.24, 2.45) is 5.73 Å². The highest BCUT2D eigenvalue weighted by molar-refractivity contribution is 5.61. The Hall–Kier alpha value is -1.22. The van der Waals surface area contributed by atoms with Crippen LogP contribution in [0.5, 0.6) is 5.75 Å². The maximum atomic E-state index is 5.62. The second-order valence-electron chi connectivity index (χ2n) is 3.35. The summed E-state index contributed by atoms with van der Waals surface area (Å²) in [6.07, 6.45) is 0. The lowest BCUT2D eigenvalue weighted by Crippen LogP contribution is -2.28. The highest BCUT2D eigenvalue weighted by Crippen LogP contribution is 2.32. The SMILES string of the molecule is CC1COc2c(CN)cccc2N1. The van der Waals surface area contributed by atoms with Crippen LogP contribution in [0.15, 0.2) is 18.2 Å². The third-order valence-corrected chi connectivity index (χ3v) is 2.20. The van der Waals surface area contributed by atoms with Crippen LogP contribution in [0.1, 0.15) is 12.5 Å². The van der Waals surface area contributed by atoms with Gasteiger partial charge in [-0.1, -0.05) is 12.1 Å². The summed E-state index contributed by atoms with van der Waals surface area (Å²) in [5.74, 6) is 0.920. The van der Waals surface area contributed by atoms with Crippen LogP contribution in [0.2, 0.25) is 0 Å². The molecule has 70 valence electrons. The van der Waals surface area contributed by atoms with Gasteiger partial charge in [0.25, 0.3) is 0 Å². The lowest BCUT2D eigenvalue weighted by Gasteiger charge is -2.26. The van der Waals surface area contributed by atoms with Crippen LogP contribution in [0.3, 0.4) is 0 Å². The van der Waals surface area contributed by atoms with Crippen molar-refractivity contribution in [2.75, 3.05) is 11.9 Å². The minimum atomic E-state index is 0.375. The Morgan fingerprint density at radius 3 is 3.23 bits per heavy atom. The molecule has 2 rings (SSSR count). The Kier molecular flexibility index (Phi) is 2.10. The number of ether oxygens (including phenoxy) is 1. The van der Waals surface area contributed by atoms with Gasteiger partial charge < -0.3 is 15.8 Å². The molecule has 1 unspecified atom stereocenters. The number of nitrogens with one attached hydrogen (secondary N) is 1. The molecule has 0 aromatic heterocycles. The summed E-state index contributed by atoms with van der Waals surface area (Å²) in [5.41, 5.74) is 7.72. The molecule has 3 heteroatoms. The zero-order chi connectivity index (χ0) is 9.26. The third-order valence-electron chi connectivity index (χ3n) is 2.20. The Balaban J connectivity index is 2.39. The van der Waals surface area contributed by atoms with Gasteiger partial charge in [0, 0.05) is 12.1 Å². The number of benzene rings is 1. The highest BCUT2D eigenvalue weighted by Gasteiger charge is 2.16. The van der Waals surface area contributed by atoms with E-state index in [2.05, 4.69) is 12.2 Å². The van der Waals surface area contributed by atoms with E-state index in [1.807, 2.05) is 18.2 Å². The number of anilines is 1. The molecular formula is C10H14N2O. The lowest BCUT2D eigenvalue weighted by atomic mass is 10.1. The fourth-order valence-corrected chi connectivity index (χ4v) is 1.55. The van der Waals surface area contributed by atoms with Crippen LogP contribution in [0, 0.1) is 0 Å². The zero-order valence-electron chi connectivity index (χ0n) is 7.71. The summed E-state index contributed by atoms with van der Waals surface area (Å²) in [4.78, 5) is 0. The van der Waals surface area contributed by atoms with Gasteiger partial charge in [-0.25, -0.2) is 0 Å². The predicted octanol–water partition coefficient (Wildman–Crippen LogP) is 1.34. The Bertz CT molecular complexity index is 312. The van der Waals surface area contributed by atoms with Crippen LogP contribution >= 0.6 is 0 Å². The maximum absolute atomic E-state index is 5.62. The van der Waals surface area contributed by atoms with E-state index in [4.69, 9.17) is 10.5 Å². The van der Waals surface area contributed by atoms with Crippen LogP contribution in [0.4, 0.5) is 5.69 Å². The number of hydrogen-bond acceptors (Lipinski definition) is 3. The molecule has 0 saturated carbocycles. The molecule has 1 atom stereocenters. The van der Waals surface area contributed by atoms with Gasteiger partial charge in [-0.15, -0.1) is 0 Å². The topological polar surface area (TPSA) is 47.3 Å². The number of rotatable bonds is 1. The van der Waals surface area contributed by atoms with Gasteiger partial charge in [0.05, 0.1) is 11.7 Å². The molecule has 1 aromatic carbocycles. The molecule has 0 bridgehead atoms. The van der Waals surface area contributed by atoms with Crippen molar-refractivity contribution in [1.29, 1.82) is 0 Å². The quantitative estimate of drug-likeness (QED) is 0.682. The highest BCUT2D eigenvalue weighted by atomic mass is 16.5. The molecule has 0 saturated heterocycles. The predicted molar refractivity (Wildman–Crippen MR) is 52.9 cm³/mol. The molecule has 0 fully saturated rings. The first kappa shape index (κ1) is 8.38. The van der Waals surface area contributed by atoms with Gasteiger partial charge >= 0.3 is 0 Å². The molecule has 13 heavy (non-hydrogen) atoms. The van der Waals surface area contributed by atoms with E-state index in [0.717, 1.165) is 17.0 Å². The van der Waals surface area contributed by atoms with E-state index in [9.17, 15) is 0 Å². The van der Waals surface area contributed by atoms with Gasteiger partial charge in [-0.2, -0.15) is 0 Å².